The number of nitrogens with one attached hydrogen (secondary N) is 1. The molecule has 0 aromatic heterocycles. The smallest absolute Gasteiger partial charge is 0.338 e. The molecule has 5 heteroatoms. The molecule has 24 heavy (non-hydrogen) atoms. The minimum atomic E-state index is -0.325. The number of benzene rings is 2. The summed E-state index contributed by atoms with van der Waals surface area (Å²) in [5, 5.41) is 3.18. The molecule has 1 N–H and O–H groups in total. The van der Waals surface area contributed by atoms with E-state index in [1.165, 1.54) is 24.4 Å². The van der Waals surface area contributed by atoms with Crippen LogP contribution in [0.1, 0.15) is 35.3 Å². The van der Waals surface area contributed by atoms with Crippen molar-refractivity contribution in [3.8, 4) is 0 Å². The molecule has 0 unspecified atom stereocenters. The van der Waals surface area contributed by atoms with Gasteiger partial charge in [-0.05, 0) is 30.7 Å². The molecule has 0 bridgehead atoms. The van der Waals surface area contributed by atoms with Gasteiger partial charge in [0, 0.05) is 11.4 Å². The molecular weight excluding hydrogens is 338 g/mol. The number of thiocarbonyl (C=S) groups is 1. The minimum Gasteiger partial charge on any atom is -0.465 e. The highest BCUT2D eigenvalue weighted by atomic mass is 32.2. The van der Waals surface area contributed by atoms with Crippen LogP contribution in [-0.2, 0) is 10.5 Å². The Morgan fingerprint density at radius 2 is 1.75 bits per heavy atom. The summed E-state index contributed by atoms with van der Waals surface area (Å²) in [6.07, 6.45) is 0. The largest absolute Gasteiger partial charge is 0.465 e. The van der Waals surface area contributed by atoms with E-state index in [9.17, 15) is 4.79 Å². The third-order valence-corrected chi connectivity index (χ3v) is 4.35. The Morgan fingerprint density at radius 1 is 1.12 bits per heavy atom. The zero-order valence-electron chi connectivity index (χ0n) is 14.5. The fourth-order valence-corrected chi connectivity index (χ4v) is 2.91. The van der Waals surface area contributed by atoms with Gasteiger partial charge in [-0.25, -0.2) is 4.79 Å². The third-order valence-electron chi connectivity index (χ3n) is 3.08. The van der Waals surface area contributed by atoms with Crippen molar-refractivity contribution in [3.05, 3.63) is 65.2 Å². The summed E-state index contributed by atoms with van der Waals surface area (Å²) in [5.74, 6) is 0.289. The highest BCUT2D eigenvalue weighted by molar-refractivity contribution is 8.22. The average molecular weight is 362 g/mol. The fourth-order valence-electron chi connectivity index (χ4n) is 1.89. The van der Waals surface area contributed by atoms with Gasteiger partial charge in [0.25, 0.3) is 0 Å². The van der Waals surface area contributed by atoms with Crippen molar-refractivity contribution in [2.24, 2.45) is 0 Å². The zero-order chi connectivity index (χ0) is 17.9. The van der Waals surface area contributed by atoms with Crippen molar-refractivity contribution in [2.45, 2.75) is 26.5 Å². The highest BCUT2D eigenvalue weighted by Gasteiger charge is 2.11. The molecule has 0 spiro atoms. The second kappa shape index (κ2) is 10.8. The van der Waals surface area contributed by atoms with Crippen LogP contribution in [0, 0.1) is 6.92 Å². The first kappa shape index (κ1) is 20.2. The summed E-state index contributed by atoms with van der Waals surface area (Å²) in [6, 6.07) is 15.4. The van der Waals surface area contributed by atoms with Gasteiger partial charge in [0.1, 0.15) is 4.32 Å². The summed E-state index contributed by atoms with van der Waals surface area (Å²) in [4.78, 5) is 11.7. The molecule has 0 heterocycles. The number of anilines is 1. The van der Waals surface area contributed by atoms with Crippen LogP contribution in [0.15, 0.2) is 48.5 Å². The van der Waals surface area contributed by atoms with Crippen LogP contribution >= 0.6 is 24.0 Å². The van der Waals surface area contributed by atoms with Crippen LogP contribution in [0.4, 0.5) is 5.69 Å². The van der Waals surface area contributed by atoms with Crippen LogP contribution in [-0.4, -0.2) is 17.4 Å². The Balaban J connectivity index is 0.00000139. The molecule has 0 aliphatic rings. The number of hydrogen-bond donors (Lipinski definition) is 1. The van der Waals surface area contributed by atoms with Crippen LogP contribution in [0.25, 0.3) is 0 Å². The van der Waals surface area contributed by atoms with E-state index in [2.05, 4.69) is 5.32 Å². The lowest BCUT2D eigenvalue weighted by Crippen LogP contribution is -2.08. The van der Waals surface area contributed by atoms with Gasteiger partial charge < -0.3 is 10.1 Å². The Hall–Kier alpha value is -1.85. The van der Waals surface area contributed by atoms with E-state index >= 15 is 0 Å². The monoisotopic (exact) mass is 361 g/mol. The SMILES string of the molecule is CC.COC(=O)c1ccccc1CSC(=S)Nc1ccc(C)cc1. The first-order chi connectivity index (χ1) is 11.6. The molecule has 128 valence electrons. The van der Waals surface area contributed by atoms with Crippen LogP contribution < -0.4 is 5.32 Å². The van der Waals surface area contributed by atoms with E-state index in [1.54, 1.807) is 6.07 Å². The number of rotatable bonds is 4. The van der Waals surface area contributed by atoms with Gasteiger partial charge >= 0.3 is 5.97 Å². The normalized spacial score (nSPS) is 9.50. The van der Waals surface area contributed by atoms with Crippen molar-refractivity contribution in [2.75, 3.05) is 12.4 Å². The van der Waals surface area contributed by atoms with Crippen molar-refractivity contribution < 1.29 is 9.53 Å². The summed E-state index contributed by atoms with van der Waals surface area (Å²) in [5.41, 5.74) is 3.66. The minimum absolute atomic E-state index is 0.325. The van der Waals surface area contributed by atoms with E-state index in [-0.39, 0.29) is 5.97 Å². The molecule has 0 atom stereocenters. The molecule has 0 saturated heterocycles. The Labute approximate surface area is 153 Å². The maximum absolute atomic E-state index is 11.7. The molecule has 0 amide bonds. The van der Waals surface area contributed by atoms with E-state index in [4.69, 9.17) is 17.0 Å². The van der Waals surface area contributed by atoms with Gasteiger partial charge in [0.05, 0.1) is 12.7 Å². The molecule has 0 fully saturated rings. The van der Waals surface area contributed by atoms with E-state index in [0.29, 0.717) is 15.6 Å². The number of hydrogen-bond acceptors (Lipinski definition) is 4. The van der Waals surface area contributed by atoms with Gasteiger partial charge in [-0.2, -0.15) is 0 Å². The molecule has 3 nitrogen and oxygen atoms in total. The first-order valence-corrected chi connectivity index (χ1v) is 9.16. The zero-order valence-corrected chi connectivity index (χ0v) is 16.1. The van der Waals surface area contributed by atoms with Crippen molar-refractivity contribution in [1.82, 2.24) is 0 Å². The lowest BCUT2D eigenvalue weighted by molar-refractivity contribution is 0.0600. The van der Waals surface area contributed by atoms with E-state index in [0.717, 1.165) is 11.3 Å². The highest BCUT2D eigenvalue weighted by Crippen LogP contribution is 2.20. The second-order valence-electron chi connectivity index (χ2n) is 4.72. The maximum Gasteiger partial charge on any atom is 0.338 e. The van der Waals surface area contributed by atoms with Gasteiger partial charge in [0.15, 0.2) is 0 Å². The summed E-state index contributed by atoms with van der Waals surface area (Å²) < 4.78 is 5.46. The van der Waals surface area contributed by atoms with E-state index in [1.807, 2.05) is 63.2 Å². The summed E-state index contributed by atoms with van der Waals surface area (Å²) in [6.45, 7) is 6.04. The maximum atomic E-state index is 11.7. The number of methoxy groups -OCH3 is 1. The molecule has 2 rings (SSSR count). The Kier molecular flexibility index (Phi) is 9.12. The van der Waals surface area contributed by atoms with Gasteiger partial charge in [0.2, 0.25) is 0 Å². The molecule has 0 saturated carbocycles. The summed E-state index contributed by atoms with van der Waals surface area (Å²) in [7, 11) is 1.38. The van der Waals surface area contributed by atoms with Crippen molar-refractivity contribution in [1.29, 1.82) is 0 Å². The number of carbonyl (C=O) groups excluding carboxylic acids is 1. The van der Waals surface area contributed by atoms with Crippen molar-refractivity contribution in [3.63, 3.8) is 0 Å². The predicted molar refractivity (Wildman–Crippen MR) is 108 cm³/mol. The quantitative estimate of drug-likeness (QED) is 0.580. The molecule has 0 aliphatic carbocycles. The summed E-state index contributed by atoms with van der Waals surface area (Å²) >= 11 is 6.82. The Morgan fingerprint density at radius 3 is 2.38 bits per heavy atom. The third kappa shape index (κ3) is 6.34. The van der Waals surface area contributed by atoms with Gasteiger partial charge in [-0.1, -0.05) is 73.7 Å². The number of aryl methyl sites for hydroxylation is 1. The van der Waals surface area contributed by atoms with Crippen LogP contribution in [0.5, 0.6) is 0 Å². The number of carbonyl (C=O) groups is 1. The standard InChI is InChI=1S/C17H17NO2S2.C2H6/c1-12-7-9-14(10-8-12)18-17(21)22-11-13-5-3-4-6-15(13)16(19)20-2;1-2/h3-10H,11H2,1-2H3,(H,18,21);1-2H3. The topological polar surface area (TPSA) is 38.3 Å². The number of ether oxygens (including phenoxy) is 1. The van der Waals surface area contributed by atoms with E-state index < -0.39 is 0 Å². The molecule has 2 aromatic rings. The number of thioether (sulfide) groups is 1. The predicted octanol–water partition coefficient (Wildman–Crippen LogP) is 5.44. The van der Waals surface area contributed by atoms with Gasteiger partial charge in [-0.3, -0.25) is 0 Å². The molecule has 2 aromatic carbocycles. The van der Waals surface area contributed by atoms with Crippen LogP contribution in [0.2, 0.25) is 0 Å². The second-order valence-corrected chi connectivity index (χ2v) is 6.37. The lowest BCUT2D eigenvalue weighted by atomic mass is 10.1. The first-order valence-electron chi connectivity index (χ1n) is 7.77. The van der Waals surface area contributed by atoms with Gasteiger partial charge in [-0.15, -0.1) is 0 Å². The lowest BCUT2D eigenvalue weighted by Gasteiger charge is -2.10. The average Bonchev–Trinajstić information content (AvgIpc) is 2.63. The Bertz CT molecular complexity index is 669. The van der Waals surface area contributed by atoms with Crippen molar-refractivity contribution >= 4 is 40.0 Å². The molecular formula is C19H23NO2S2. The number of esters is 1. The fraction of sp³-hybridized carbons (Fsp3) is 0.263. The molecule has 0 radical (unpaired) electrons. The molecule has 0 aliphatic heterocycles. The van der Waals surface area contributed by atoms with Crippen LogP contribution in [0.3, 0.4) is 0 Å².